The first-order valence-electron chi connectivity index (χ1n) is 7.12. The summed E-state index contributed by atoms with van der Waals surface area (Å²) in [6.45, 7) is 4.38. The Hall–Kier alpha value is -1.88. The zero-order valence-corrected chi connectivity index (χ0v) is 11.8. The Bertz CT molecular complexity index is 515. The molecule has 1 saturated heterocycles. The topological polar surface area (TPSA) is 47.9 Å². The van der Waals surface area contributed by atoms with Crippen molar-refractivity contribution in [2.75, 3.05) is 38.1 Å². The predicted molar refractivity (Wildman–Crippen MR) is 80.1 cm³/mol. The Morgan fingerprint density at radius 3 is 2.35 bits per heavy atom. The van der Waals surface area contributed by atoms with Crippen LogP contribution in [0.1, 0.15) is 18.4 Å². The summed E-state index contributed by atoms with van der Waals surface area (Å²) in [5.41, 5.74) is 5.88. The fourth-order valence-corrected chi connectivity index (χ4v) is 2.61. The Kier molecular flexibility index (Phi) is 3.69. The number of nitrogens with zero attached hydrogens (tertiary/aromatic N) is 3. The van der Waals surface area contributed by atoms with Crippen molar-refractivity contribution in [3.63, 3.8) is 0 Å². The zero-order valence-electron chi connectivity index (χ0n) is 11.8. The molecule has 2 aliphatic rings. The van der Waals surface area contributed by atoms with E-state index in [0.717, 1.165) is 43.9 Å². The molecule has 0 bridgehead atoms. The van der Waals surface area contributed by atoms with Crippen LogP contribution in [0, 0.1) is 0 Å². The Labute approximate surface area is 119 Å². The number of benzene rings is 1. The van der Waals surface area contributed by atoms with Crippen molar-refractivity contribution in [2.24, 2.45) is 5.10 Å². The normalized spacial score (nSPS) is 20.6. The van der Waals surface area contributed by atoms with Crippen molar-refractivity contribution in [3.8, 4) is 0 Å². The van der Waals surface area contributed by atoms with Gasteiger partial charge in [-0.05, 0) is 24.7 Å². The van der Waals surface area contributed by atoms with Gasteiger partial charge < -0.3 is 9.80 Å². The van der Waals surface area contributed by atoms with Gasteiger partial charge in [0, 0.05) is 44.7 Å². The largest absolute Gasteiger partial charge is 0.369 e. The minimum atomic E-state index is 0.00260. The van der Waals surface area contributed by atoms with E-state index in [1.807, 2.05) is 0 Å². The summed E-state index contributed by atoms with van der Waals surface area (Å²) in [5, 5.41) is 4.13. The van der Waals surface area contributed by atoms with Gasteiger partial charge in [-0.1, -0.05) is 12.1 Å². The summed E-state index contributed by atoms with van der Waals surface area (Å²) in [6.07, 6.45) is 1.25. The van der Waals surface area contributed by atoms with E-state index < -0.39 is 0 Å². The highest BCUT2D eigenvalue weighted by molar-refractivity contribution is 6.04. The third-order valence-corrected chi connectivity index (χ3v) is 3.97. The molecule has 1 amide bonds. The zero-order chi connectivity index (χ0) is 13.9. The van der Waals surface area contributed by atoms with Gasteiger partial charge >= 0.3 is 0 Å². The molecule has 0 aliphatic carbocycles. The Morgan fingerprint density at radius 2 is 1.75 bits per heavy atom. The molecule has 1 fully saturated rings. The minimum Gasteiger partial charge on any atom is -0.369 e. The quantitative estimate of drug-likeness (QED) is 0.875. The first-order chi connectivity index (χ1) is 9.72. The second kappa shape index (κ2) is 5.63. The highest BCUT2D eigenvalue weighted by atomic mass is 16.2. The molecule has 0 atom stereocenters. The molecule has 1 aromatic rings. The Balaban J connectivity index is 1.70. The minimum absolute atomic E-state index is 0.00260. The van der Waals surface area contributed by atoms with Gasteiger partial charge in [0.05, 0.1) is 5.71 Å². The van der Waals surface area contributed by atoms with Crippen LogP contribution in [-0.2, 0) is 4.79 Å². The lowest BCUT2D eigenvalue weighted by Gasteiger charge is -2.34. The summed E-state index contributed by atoms with van der Waals surface area (Å²) in [7, 11) is 2.16. The molecule has 1 aromatic carbocycles. The molecule has 0 spiro atoms. The standard InChI is InChI=1S/C15H20N4O/c1-18-8-10-19(11-9-18)13-4-2-12(3-5-13)14-6-7-15(20)17-16-14/h2-5H,6-11H2,1H3,(H,17,20). The third kappa shape index (κ3) is 2.82. The molecule has 20 heavy (non-hydrogen) atoms. The van der Waals surface area contributed by atoms with Crippen LogP contribution in [0.3, 0.4) is 0 Å². The van der Waals surface area contributed by atoms with Gasteiger partial charge in [0.25, 0.3) is 0 Å². The highest BCUT2D eigenvalue weighted by Crippen LogP contribution is 2.19. The predicted octanol–water partition coefficient (Wildman–Crippen LogP) is 1.05. The van der Waals surface area contributed by atoms with E-state index in [-0.39, 0.29) is 5.91 Å². The molecule has 5 heteroatoms. The monoisotopic (exact) mass is 272 g/mol. The van der Waals surface area contributed by atoms with E-state index in [1.165, 1.54) is 5.69 Å². The molecule has 0 aromatic heterocycles. The van der Waals surface area contributed by atoms with Gasteiger partial charge in [0.15, 0.2) is 0 Å². The molecule has 0 radical (unpaired) electrons. The average molecular weight is 272 g/mol. The molecule has 2 heterocycles. The number of carbonyl (C=O) groups is 1. The van der Waals surface area contributed by atoms with Crippen molar-refractivity contribution in [3.05, 3.63) is 29.8 Å². The maximum absolute atomic E-state index is 11.1. The van der Waals surface area contributed by atoms with Crippen LogP contribution in [0.5, 0.6) is 0 Å². The number of rotatable bonds is 2. The molecule has 106 valence electrons. The maximum atomic E-state index is 11.1. The fourth-order valence-electron chi connectivity index (χ4n) is 2.61. The van der Waals surface area contributed by atoms with E-state index in [2.05, 4.69) is 51.6 Å². The van der Waals surface area contributed by atoms with Crippen molar-refractivity contribution >= 4 is 17.3 Å². The van der Waals surface area contributed by atoms with Gasteiger partial charge in [0.2, 0.25) is 5.91 Å². The van der Waals surface area contributed by atoms with Gasteiger partial charge in [-0.15, -0.1) is 0 Å². The van der Waals surface area contributed by atoms with Crippen LogP contribution in [0.4, 0.5) is 5.69 Å². The first kappa shape index (κ1) is 13.1. The lowest BCUT2D eigenvalue weighted by atomic mass is 10.0. The fraction of sp³-hybridized carbons (Fsp3) is 0.467. The maximum Gasteiger partial charge on any atom is 0.240 e. The van der Waals surface area contributed by atoms with Crippen LogP contribution in [0.25, 0.3) is 0 Å². The van der Waals surface area contributed by atoms with Crippen molar-refractivity contribution in [1.82, 2.24) is 10.3 Å². The smallest absolute Gasteiger partial charge is 0.240 e. The number of likely N-dealkylation sites (N-methyl/N-ethyl adjacent to an activating group) is 1. The number of amides is 1. The molecular weight excluding hydrogens is 252 g/mol. The van der Waals surface area contributed by atoms with E-state index in [1.54, 1.807) is 0 Å². The number of carbonyl (C=O) groups excluding carboxylic acids is 1. The van der Waals surface area contributed by atoms with Crippen molar-refractivity contribution in [1.29, 1.82) is 0 Å². The average Bonchev–Trinajstić information content (AvgIpc) is 2.49. The van der Waals surface area contributed by atoms with Crippen LogP contribution in [0.2, 0.25) is 0 Å². The summed E-state index contributed by atoms with van der Waals surface area (Å²) >= 11 is 0. The van der Waals surface area contributed by atoms with E-state index in [4.69, 9.17) is 0 Å². The van der Waals surface area contributed by atoms with Crippen LogP contribution >= 0.6 is 0 Å². The molecule has 1 N–H and O–H groups in total. The molecular formula is C15H20N4O. The summed E-state index contributed by atoms with van der Waals surface area (Å²) in [6, 6.07) is 8.51. The van der Waals surface area contributed by atoms with Gasteiger partial charge in [-0.3, -0.25) is 4.79 Å². The molecule has 5 nitrogen and oxygen atoms in total. The molecule has 0 unspecified atom stereocenters. The Morgan fingerprint density at radius 1 is 1.05 bits per heavy atom. The number of hydrogen-bond donors (Lipinski definition) is 1. The highest BCUT2D eigenvalue weighted by Gasteiger charge is 2.16. The second-order valence-corrected chi connectivity index (χ2v) is 5.43. The van der Waals surface area contributed by atoms with Crippen LogP contribution in [-0.4, -0.2) is 49.7 Å². The summed E-state index contributed by atoms with van der Waals surface area (Å²) in [5.74, 6) is 0.00260. The first-order valence-corrected chi connectivity index (χ1v) is 7.12. The third-order valence-electron chi connectivity index (χ3n) is 3.97. The van der Waals surface area contributed by atoms with E-state index in [9.17, 15) is 4.79 Å². The van der Waals surface area contributed by atoms with Gasteiger partial charge in [0.1, 0.15) is 0 Å². The van der Waals surface area contributed by atoms with Gasteiger partial charge in [-0.2, -0.15) is 5.10 Å². The number of anilines is 1. The van der Waals surface area contributed by atoms with Gasteiger partial charge in [-0.25, -0.2) is 5.43 Å². The van der Waals surface area contributed by atoms with Crippen LogP contribution < -0.4 is 10.3 Å². The SMILES string of the molecule is CN1CCN(c2ccc(C3=NNC(=O)CC3)cc2)CC1. The lowest BCUT2D eigenvalue weighted by molar-refractivity contribution is -0.121. The molecule has 2 aliphatic heterocycles. The lowest BCUT2D eigenvalue weighted by Crippen LogP contribution is -2.44. The number of nitrogens with one attached hydrogen (secondary N) is 1. The number of hydrogen-bond acceptors (Lipinski definition) is 4. The summed E-state index contributed by atoms with van der Waals surface area (Å²) < 4.78 is 0. The molecule has 0 saturated carbocycles. The van der Waals surface area contributed by atoms with Crippen molar-refractivity contribution in [2.45, 2.75) is 12.8 Å². The molecule has 3 rings (SSSR count). The van der Waals surface area contributed by atoms with Crippen molar-refractivity contribution < 1.29 is 4.79 Å². The summed E-state index contributed by atoms with van der Waals surface area (Å²) in [4.78, 5) is 15.9. The van der Waals surface area contributed by atoms with E-state index >= 15 is 0 Å². The van der Waals surface area contributed by atoms with Crippen LogP contribution in [0.15, 0.2) is 29.4 Å². The van der Waals surface area contributed by atoms with E-state index in [0.29, 0.717) is 6.42 Å². The number of piperazine rings is 1. The number of hydrazone groups is 1. The second-order valence-electron chi connectivity index (χ2n) is 5.43.